The maximum absolute atomic E-state index is 12.1. The molecule has 6 nitrogen and oxygen atoms in total. The van der Waals surface area contributed by atoms with Crippen molar-refractivity contribution in [3.05, 3.63) is 69.3 Å². The molecule has 0 bridgehead atoms. The van der Waals surface area contributed by atoms with Gasteiger partial charge >= 0.3 is 0 Å². The number of carbonyl (C=O) groups excluding carboxylic acids is 1. The molecule has 0 aliphatic rings. The number of aryl methyl sites for hydroxylation is 2. The van der Waals surface area contributed by atoms with Gasteiger partial charge in [0.25, 0.3) is 11.6 Å². The molecule has 0 saturated heterocycles. The molecule has 0 atom stereocenters. The quantitative estimate of drug-likeness (QED) is 0.480. The van der Waals surface area contributed by atoms with Gasteiger partial charge in [0.2, 0.25) is 0 Å². The molecule has 6 heteroatoms. The number of benzene rings is 2. The molecular formula is C18H20N2O4. The SMILES string of the molecule is COc1ccc(CCCNC(=O)c2ccc([N+](=O)[O-])c(C)c2)cc1. The van der Waals surface area contributed by atoms with Crippen molar-refractivity contribution < 1.29 is 14.5 Å². The molecule has 0 heterocycles. The van der Waals surface area contributed by atoms with Crippen LogP contribution in [0.1, 0.15) is 27.9 Å². The molecule has 0 radical (unpaired) electrons. The van der Waals surface area contributed by atoms with Crippen LogP contribution < -0.4 is 10.1 Å². The monoisotopic (exact) mass is 328 g/mol. The fourth-order valence-electron chi connectivity index (χ4n) is 2.39. The normalized spacial score (nSPS) is 10.2. The van der Waals surface area contributed by atoms with E-state index in [2.05, 4.69) is 5.32 Å². The number of nitrogens with zero attached hydrogens (tertiary/aromatic N) is 1. The van der Waals surface area contributed by atoms with Gasteiger partial charge in [-0.2, -0.15) is 0 Å². The van der Waals surface area contributed by atoms with E-state index in [1.807, 2.05) is 24.3 Å². The van der Waals surface area contributed by atoms with Crippen LogP contribution in [0, 0.1) is 17.0 Å². The Hall–Kier alpha value is -2.89. The predicted octanol–water partition coefficient (Wildman–Crippen LogP) is 3.27. The Labute approximate surface area is 140 Å². The highest BCUT2D eigenvalue weighted by molar-refractivity contribution is 5.94. The molecular weight excluding hydrogens is 308 g/mol. The molecule has 0 spiro atoms. The molecule has 2 rings (SSSR count). The van der Waals surface area contributed by atoms with E-state index in [0.717, 1.165) is 18.6 Å². The topological polar surface area (TPSA) is 81.5 Å². The zero-order valence-electron chi connectivity index (χ0n) is 13.7. The van der Waals surface area contributed by atoms with Crippen molar-refractivity contribution in [2.24, 2.45) is 0 Å². The molecule has 0 aromatic heterocycles. The molecule has 0 saturated carbocycles. The zero-order chi connectivity index (χ0) is 17.5. The molecule has 2 aromatic rings. The van der Waals surface area contributed by atoms with Crippen LogP contribution in [0.15, 0.2) is 42.5 Å². The van der Waals surface area contributed by atoms with Gasteiger partial charge in [0.1, 0.15) is 5.75 Å². The summed E-state index contributed by atoms with van der Waals surface area (Å²) in [5.41, 5.74) is 2.11. The first-order chi connectivity index (χ1) is 11.5. The molecule has 0 fully saturated rings. The number of nitrogens with one attached hydrogen (secondary N) is 1. The third kappa shape index (κ3) is 4.55. The van der Waals surface area contributed by atoms with E-state index in [1.54, 1.807) is 14.0 Å². The number of nitro benzene ring substituents is 1. The maximum atomic E-state index is 12.1. The van der Waals surface area contributed by atoms with E-state index in [4.69, 9.17) is 4.74 Å². The lowest BCUT2D eigenvalue weighted by atomic mass is 10.1. The molecule has 0 aliphatic heterocycles. The highest BCUT2D eigenvalue weighted by Crippen LogP contribution is 2.18. The molecule has 2 aromatic carbocycles. The Kier molecular flexibility index (Phi) is 5.89. The van der Waals surface area contributed by atoms with Crippen molar-refractivity contribution in [3.63, 3.8) is 0 Å². The molecule has 0 unspecified atom stereocenters. The number of carbonyl (C=O) groups is 1. The number of ether oxygens (including phenoxy) is 1. The maximum Gasteiger partial charge on any atom is 0.272 e. The fourth-order valence-corrected chi connectivity index (χ4v) is 2.39. The van der Waals surface area contributed by atoms with Gasteiger partial charge in [-0.25, -0.2) is 0 Å². The van der Waals surface area contributed by atoms with Crippen LogP contribution in [0.4, 0.5) is 5.69 Å². The average Bonchev–Trinajstić information content (AvgIpc) is 2.58. The summed E-state index contributed by atoms with van der Waals surface area (Å²) in [7, 11) is 1.63. The lowest BCUT2D eigenvalue weighted by Crippen LogP contribution is -2.24. The van der Waals surface area contributed by atoms with Crippen molar-refractivity contribution in [1.82, 2.24) is 5.32 Å². The lowest BCUT2D eigenvalue weighted by Gasteiger charge is -2.07. The van der Waals surface area contributed by atoms with E-state index in [-0.39, 0.29) is 11.6 Å². The number of hydrogen-bond donors (Lipinski definition) is 1. The average molecular weight is 328 g/mol. The molecule has 126 valence electrons. The summed E-state index contributed by atoms with van der Waals surface area (Å²) in [4.78, 5) is 22.4. The summed E-state index contributed by atoms with van der Waals surface area (Å²) < 4.78 is 5.11. The number of rotatable bonds is 7. The first-order valence-electron chi connectivity index (χ1n) is 7.67. The summed E-state index contributed by atoms with van der Waals surface area (Å²) in [6, 6.07) is 12.2. The molecule has 1 amide bonds. The number of methoxy groups -OCH3 is 1. The summed E-state index contributed by atoms with van der Waals surface area (Å²) in [6.45, 7) is 2.17. The third-order valence-corrected chi connectivity index (χ3v) is 3.74. The van der Waals surface area contributed by atoms with E-state index in [0.29, 0.717) is 17.7 Å². The van der Waals surface area contributed by atoms with E-state index in [1.165, 1.54) is 23.8 Å². The molecule has 24 heavy (non-hydrogen) atoms. The van der Waals surface area contributed by atoms with Crippen LogP contribution in [-0.4, -0.2) is 24.5 Å². The minimum Gasteiger partial charge on any atom is -0.497 e. The van der Waals surface area contributed by atoms with Gasteiger partial charge in [0.15, 0.2) is 0 Å². The van der Waals surface area contributed by atoms with Gasteiger partial charge in [-0.1, -0.05) is 12.1 Å². The van der Waals surface area contributed by atoms with Crippen molar-refractivity contribution in [1.29, 1.82) is 0 Å². The predicted molar refractivity (Wildman–Crippen MR) is 91.5 cm³/mol. The fraction of sp³-hybridized carbons (Fsp3) is 0.278. The van der Waals surface area contributed by atoms with Crippen LogP contribution in [0.5, 0.6) is 5.75 Å². The molecule has 1 N–H and O–H groups in total. The first-order valence-corrected chi connectivity index (χ1v) is 7.67. The third-order valence-electron chi connectivity index (χ3n) is 3.74. The Balaban J connectivity index is 1.82. The van der Waals surface area contributed by atoms with Crippen LogP contribution in [0.25, 0.3) is 0 Å². The minimum atomic E-state index is -0.453. The first kappa shape index (κ1) is 17.5. The van der Waals surface area contributed by atoms with Crippen molar-refractivity contribution >= 4 is 11.6 Å². The Morgan fingerprint density at radius 2 is 1.92 bits per heavy atom. The van der Waals surface area contributed by atoms with E-state index in [9.17, 15) is 14.9 Å². The highest BCUT2D eigenvalue weighted by Gasteiger charge is 2.13. The van der Waals surface area contributed by atoms with Crippen LogP contribution in [0.2, 0.25) is 0 Å². The Morgan fingerprint density at radius 1 is 1.21 bits per heavy atom. The number of hydrogen-bond acceptors (Lipinski definition) is 4. The number of amides is 1. The van der Waals surface area contributed by atoms with Crippen LogP contribution in [0.3, 0.4) is 0 Å². The Bertz CT molecular complexity index is 726. The highest BCUT2D eigenvalue weighted by atomic mass is 16.6. The van der Waals surface area contributed by atoms with Gasteiger partial charge < -0.3 is 10.1 Å². The summed E-state index contributed by atoms with van der Waals surface area (Å²) in [5.74, 6) is 0.600. The van der Waals surface area contributed by atoms with Crippen molar-refractivity contribution in [2.45, 2.75) is 19.8 Å². The van der Waals surface area contributed by atoms with E-state index < -0.39 is 4.92 Å². The summed E-state index contributed by atoms with van der Waals surface area (Å²) >= 11 is 0. The van der Waals surface area contributed by atoms with Gasteiger partial charge in [-0.15, -0.1) is 0 Å². The molecule has 0 aliphatic carbocycles. The van der Waals surface area contributed by atoms with Crippen LogP contribution in [-0.2, 0) is 6.42 Å². The lowest BCUT2D eigenvalue weighted by molar-refractivity contribution is -0.385. The smallest absolute Gasteiger partial charge is 0.272 e. The largest absolute Gasteiger partial charge is 0.497 e. The van der Waals surface area contributed by atoms with Crippen LogP contribution >= 0.6 is 0 Å². The van der Waals surface area contributed by atoms with Gasteiger partial charge in [0.05, 0.1) is 12.0 Å². The summed E-state index contributed by atoms with van der Waals surface area (Å²) in [6.07, 6.45) is 1.66. The van der Waals surface area contributed by atoms with Gasteiger partial charge in [-0.3, -0.25) is 14.9 Å². The zero-order valence-corrected chi connectivity index (χ0v) is 13.7. The summed E-state index contributed by atoms with van der Waals surface area (Å²) in [5, 5.41) is 13.6. The standard InChI is InChI=1S/C18H20N2O4/c1-13-12-15(7-10-17(13)20(22)23)18(21)19-11-3-4-14-5-8-16(24-2)9-6-14/h5-10,12H,3-4,11H2,1-2H3,(H,19,21). The second-order valence-electron chi connectivity index (χ2n) is 5.47. The van der Waals surface area contributed by atoms with Gasteiger partial charge in [0, 0.05) is 23.7 Å². The minimum absolute atomic E-state index is 0.0195. The van der Waals surface area contributed by atoms with Crippen molar-refractivity contribution in [3.8, 4) is 5.75 Å². The Morgan fingerprint density at radius 3 is 2.50 bits per heavy atom. The van der Waals surface area contributed by atoms with E-state index >= 15 is 0 Å². The number of nitro groups is 1. The van der Waals surface area contributed by atoms with Crippen molar-refractivity contribution in [2.75, 3.05) is 13.7 Å². The second kappa shape index (κ2) is 8.10. The second-order valence-corrected chi connectivity index (χ2v) is 5.47. The van der Waals surface area contributed by atoms with Gasteiger partial charge in [-0.05, 0) is 49.6 Å².